The lowest BCUT2D eigenvalue weighted by molar-refractivity contribution is -0.149. The van der Waals surface area contributed by atoms with Crippen LogP contribution in [0.4, 0.5) is 5.69 Å². The Balaban J connectivity index is 1.37. The molecule has 3 aromatic carbocycles. The number of nitrogens with one attached hydrogen (secondary N) is 2. The van der Waals surface area contributed by atoms with Gasteiger partial charge in [-0.1, -0.05) is 48.5 Å². The maximum Gasteiger partial charge on any atom is 0.329 e. The molecule has 8 nitrogen and oxygen atoms in total. The van der Waals surface area contributed by atoms with E-state index in [4.69, 9.17) is 14.2 Å². The second-order valence-electron chi connectivity index (χ2n) is 7.95. The topological polar surface area (TPSA) is 103 Å². The minimum Gasteiger partial charge on any atom is -0.490 e. The molecule has 2 N–H and O–H groups in total. The number of hydrogen-bond acceptors (Lipinski definition) is 6. The third kappa shape index (κ3) is 6.83. The van der Waals surface area contributed by atoms with Crippen LogP contribution in [0.15, 0.2) is 78.9 Å². The number of fused-ring (bicyclic) bond motifs is 1. The Kier molecular flexibility index (Phi) is 7.96. The van der Waals surface area contributed by atoms with Crippen molar-refractivity contribution in [1.29, 1.82) is 0 Å². The maximum atomic E-state index is 12.8. The molecule has 1 aliphatic heterocycles. The van der Waals surface area contributed by atoms with Gasteiger partial charge in [-0.25, -0.2) is 4.79 Å². The van der Waals surface area contributed by atoms with Crippen molar-refractivity contribution < 1.29 is 28.6 Å². The number of benzene rings is 3. The van der Waals surface area contributed by atoms with Gasteiger partial charge in [-0.15, -0.1) is 0 Å². The highest BCUT2D eigenvalue weighted by molar-refractivity contribution is 5.97. The first-order valence-corrected chi connectivity index (χ1v) is 11.3. The SMILES string of the molecule is O=C(COC(=O)C(Cc1ccccc1)NC(=O)c1ccccc1)Nc1ccc2c(c1)OCCCO2. The highest BCUT2D eigenvalue weighted by Gasteiger charge is 2.24. The van der Waals surface area contributed by atoms with Crippen LogP contribution in [-0.2, 0) is 20.7 Å². The van der Waals surface area contributed by atoms with E-state index < -0.39 is 30.4 Å². The van der Waals surface area contributed by atoms with Crippen LogP contribution in [-0.4, -0.2) is 43.6 Å². The first kappa shape index (κ1) is 23.8. The summed E-state index contributed by atoms with van der Waals surface area (Å²) in [6, 6.07) is 22.0. The third-order valence-electron chi connectivity index (χ3n) is 5.29. The van der Waals surface area contributed by atoms with Gasteiger partial charge in [0.1, 0.15) is 6.04 Å². The van der Waals surface area contributed by atoms with Gasteiger partial charge in [0, 0.05) is 30.2 Å². The molecule has 3 aromatic rings. The first-order chi connectivity index (χ1) is 17.1. The molecule has 1 atom stereocenters. The van der Waals surface area contributed by atoms with Gasteiger partial charge in [-0.3, -0.25) is 9.59 Å². The van der Waals surface area contributed by atoms with Crippen LogP contribution in [0.25, 0.3) is 0 Å². The molecule has 0 spiro atoms. The van der Waals surface area contributed by atoms with Gasteiger partial charge in [-0.05, 0) is 29.8 Å². The highest BCUT2D eigenvalue weighted by Crippen LogP contribution is 2.32. The minimum atomic E-state index is -0.962. The summed E-state index contributed by atoms with van der Waals surface area (Å²) in [6.07, 6.45) is 0.999. The average molecular weight is 475 g/mol. The second-order valence-corrected chi connectivity index (χ2v) is 7.95. The second kappa shape index (κ2) is 11.7. The van der Waals surface area contributed by atoms with E-state index in [1.807, 2.05) is 30.3 Å². The van der Waals surface area contributed by atoms with Crippen LogP contribution in [0, 0.1) is 0 Å². The number of carbonyl (C=O) groups excluding carboxylic acids is 3. The van der Waals surface area contributed by atoms with Crippen molar-refractivity contribution in [2.75, 3.05) is 25.1 Å². The Morgan fingerprint density at radius 1 is 0.857 bits per heavy atom. The predicted octanol–water partition coefficient (Wildman–Crippen LogP) is 3.37. The summed E-state index contributed by atoms with van der Waals surface area (Å²) >= 11 is 0. The van der Waals surface area contributed by atoms with E-state index in [2.05, 4.69) is 10.6 Å². The smallest absolute Gasteiger partial charge is 0.329 e. The van der Waals surface area contributed by atoms with Crippen molar-refractivity contribution in [1.82, 2.24) is 5.32 Å². The van der Waals surface area contributed by atoms with Crippen LogP contribution >= 0.6 is 0 Å². The fourth-order valence-corrected chi connectivity index (χ4v) is 3.55. The van der Waals surface area contributed by atoms with E-state index in [0.717, 1.165) is 12.0 Å². The zero-order valence-corrected chi connectivity index (χ0v) is 19.1. The van der Waals surface area contributed by atoms with Crippen molar-refractivity contribution in [2.24, 2.45) is 0 Å². The quantitative estimate of drug-likeness (QED) is 0.486. The number of rotatable bonds is 8. The lowest BCUT2D eigenvalue weighted by Gasteiger charge is -2.18. The van der Waals surface area contributed by atoms with Crippen LogP contribution in [0.5, 0.6) is 11.5 Å². The Labute approximate surface area is 203 Å². The van der Waals surface area contributed by atoms with Crippen molar-refractivity contribution in [2.45, 2.75) is 18.9 Å². The predicted molar refractivity (Wildman–Crippen MR) is 129 cm³/mol. The Morgan fingerprint density at radius 2 is 1.54 bits per heavy atom. The normalized spacial score (nSPS) is 13.1. The molecule has 4 rings (SSSR count). The minimum absolute atomic E-state index is 0.224. The number of anilines is 1. The summed E-state index contributed by atoms with van der Waals surface area (Å²) in [6.45, 7) is 0.596. The van der Waals surface area contributed by atoms with Gasteiger partial charge in [-0.2, -0.15) is 0 Å². The molecule has 0 bridgehead atoms. The molecular formula is C27H26N2O6. The molecule has 1 unspecified atom stereocenters. The Hall–Kier alpha value is -4.33. The van der Waals surface area contributed by atoms with Gasteiger partial charge >= 0.3 is 5.97 Å². The van der Waals surface area contributed by atoms with Gasteiger partial charge in [0.15, 0.2) is 18.1 Å². The maximum absolute atomic E-state index is 12.8. The number of ether oxygens (including phenoxy) is 3. The first-order valence-electron chi connectivity index (χ1n) is 11.3. The van der Waals surface area contributed by atoms with Crippen LogP contribution in [0.2, 0.25) is 0 Å². The van der Waals surface area contributed by atoms with Crippen molar-refractivity contribution >= 4 is 23.5 Å². The van der Waals surface area contributed by atoms with E-state index >= 15 is 0 Å². The van der Waals surface area contributed by atoms with E-state index in [9.17, 15) is 14.4 Å². The van der Waals surface area contributed by atoms with Crippen LogP contribution in [0.3, 0.4) is 0 Å². The summed E-state index contributed by atoms with van der Waals surface area (Å²) in [4.78, 5) is 37.9. The highest BCUT2D eigenvalue weighted by atomic mass is 16.5. The van der Waals surface area contributed by atoms with Gasteiger partial charge in [0.2, 0.25) is 0 Å². The molecule has 0 radical (unpaired) electrons. The molecular weight excluding hydrogens is 448 g/mol. The molecule has 0 saturated heterocycles. The fraction of sp³-hybridized carbons (Fsp3) is 0.222. The number of esters is 1. The van der Waals surface area contributed by atoms with Crippen LogP contribution < -0.4 is 20.1 Å². The molecule has 1 aliphatic rings. The van der Waals surface area contributed by atoms with Gasteiger partial charge < -0.3 is 24.8 Å². The zero-order chi connectivity index (χ0) is 24.5. The third-order valence-corrected chi connectivity index (χ3v) is 5.29. The van der Waals surface area contributed by atoms with Crippen molar-refractivity contribution in [3.63, 3.8) is 0 Å². The van der Waals surface area contributed by atoms with E-state index in [0.29, 0.717) is 36.0 Å². The molecule has 35 heavy (non-hydrogen) atoms. The lowest BCUT2D eigenvalue weighted by atomic mass is 10.1. The lowest BCUT2D eigenvalue weighted by Crippen LogP contribution is -2.44. The van der Waals surface area contributed by atoms with E-state index in [1.54, 1.807) is 48.5 Å². The van der Waals surface area contributed by atoms with Gasteiger partial charge in [0.25, 0.3) is 11.8 Å². The number of carbonyl (C=O) groups is 3. The molecule has 8 heteroatoms. The van der Waals surface area contributed by atoms with Gasteiger partial charge in [0.05, 0.1) is 13.2 Å². The van der Waals surface area contributed by atoms with E-state index in [-0.39, 0.29) is 6.42 Å². The summed E-state index contributed by atoms with van der Waals surface area (Å²) in [7, 11) is 0. The fourth-order valence-electron chi connectivity index (χ4n) is 3.55. The average Bonchev–Trinajstić information content (AvgIpc) is 3.13. The standard InChI is InChI=1S/C27H26N2O6/c30-25(28-21-12-13-23-24(17-21)34-15-7-14-33-23)18-35-27(32)22(16-19-8-3-1-4-9-19)29-26(31)20-10-5-2-6-11-20/h1-6,8-13,17,22H,7,14-16,18H2,(H,28,30)(H,29,31). The molecule has 0 saturated carbocycles. The Morgan fingerprint density at radius 3 is 2.29 bits per heavy atom. The number of hydrogen-bond donors (Lipinski definition) is 2. The number of amides is 2. The van der Waals surface area contributed by atoms with Crippen molar-refractivity contribution in [3.8, 4) is 11.5 Å². The summed E-state index contributed by atoms with van der Waals surface area (Å²) in [5, 5.41) is 5.40. The molecule has 0 fully saturated rings. The Bertz CT molecular complexity index is 1170. The molecule has 180 valence electrons. The van der Waals surface area contributed by atoms with Crippen molar-refractivity contribution in [3.05, 3.63) is 90.0 Å². The largest absolute Gasteiger partial charge is 0.490 e. The molecule has 1 heterocycles. The zero-order valence-electron chi connectivity index (χ0n) is 19.1. The van der Waals surface area contributed by atoms with Crippen LogP contribution in [0.1, 0.15) is 22.3 Å². The summed E-state index contributed by atoms with van der Waals surface area (Å²) in [5.74, 6) is -0.457. The summed E-state index contributed by atoms with van der Waals surface area (Å²) in [5.41, 5.74) is 1.76. The molecule has 0 aromatic heterocycles. The molecule has 2 amide bonds. The molecule has 0 aliphatic carbocycles. The van der Waals surface area contributed by atoms with E-state index in [1.165, 1.54) is 0 Å². The summed E-state index contributed by atoms with van der Waals surface area (Å²) < 4.78 is 16.5. The monoisotopic (exact) mass is 474 g/mol.